The van der Waals surface area contributed by atoms with Gasteiger partial charge in [0.25, 0.3) is 0 Å². The monoisotopic (exact) mass is 301 g/mol. The third-order valence-electron chi connectivity index (χ3n) is 1.93. The van der Waals surface area contributed by atoms with E-state index in [4.69, 9.17) is 27.9 Å². The molecule has 0 fully saturated rings. The van der Waals surface area contributed by atoms with Gasteiger partial charge in [-0.3, -0.25) is 0 Å². The zero-order valence-electron chi connectivity index (χ0n) is 9.52. The van der Waals surface area contributed by atoms with Gasteiger partial charge in [0.1, 0.15) is 11.9 Å². The normalized spacial score (nSPS) is 13.4. The average Bonchev–Trinajstić information content (AvgIpc) is 2.12. The maximum atomic E-state index is 11.9. The second-order valence-electron chi connectivity index (χ2n) is 3.78. The predicted molar refractivity (Wildman–Crippen MR) is 65.5 cm³/mol. The average molecular weight is 302 g/mol. The zero-order valence-corrected chi connectivity index (χ0v) is 11.0. The Morgan fingerprint density at radius 3 is 2.28 bits per heavy atom. The lowest BCUT2D eigenvalue weighted by atomic mass is 10.3. The first-order chi connectivity index (χ1) is 8.26. The Balaban J connectivity index is 2.42. The molecule has 1 aromatic carbocycles. The first-order valence-electron chi connectivity index (χ1n) is 5.16. The van der Waals surface area contributed by atoms with Crippen LogP contribution in [-0.2, 0) is 0 Å². The number of rotatable bonds is 5. The fourth-order valence-corrected chi connectivity index (χ4v) is 1.79. The first-order valence-corrected chi connectivity index (χ1v) is 5.92. The van der Waals surface area contributed by atoms with Gasteiger partial charge in [0.15, 0.2) is 0 Å². The van der Waals surface area contributed by atoms with E-state index in [-0.39, 0.29) is 6.54 Å². The molecule has 2 nitrogen and oxygen atoms in total. The minimum Gasteiger partial charge on any atom is -0.489 e. The molecule has 1 rings (SSSR count). The maximum absolute atomic E-state index is 11.9. The van der Waals surface area contributed by atoms with Gasteiger partial charge in [0.2, 0.25) is 0 Å². The largest absolute Gasteiger partial charge is 0.489 e. The molecule has 0 aliphatic heterocycles. The molecule has 0 spiro atoms. The minimum absolute atomic E-state index is 0.0731. The van der Waals surface area contributed by atoms with Gasteiger partial charge >= 0.3 is 6.18 Å². The Kier molecular flexibility index (Phi) is 5.56. The van der Waals surface area contributed by atoms with Crippen molar-refractivity contribution in [1.29, 1.82) is 0 Å². The molecule has 0 heterocycles. The number of alkyl halides is 3. The van der Waals surface area contributed by atoms with E-state index in [2.05, 4.69) is 5.32 Å². The second kappa shape index (κ2) is 6.50. The van der Waals surface area contributed by atoms with E-state index in [1.54, 1.807) is 25.1 Å². The van der Waals surface area contributed by atoms with Gasteiger partial charge in [-0.15, -0.1) is 0 Å². The third-order valence-corrected chi connectivity index (χ3v) is 2.37. The molecule has 102 valence electrons. The number of hydrogen-bond acceptors (Lipinski definition) is 2. The van der Waals surface area contributed by atoms with Crippen LogP contribution < -0.4 is 10.1 Å². The Labute approximate surface area is 113 Å². The summed E-state index contributed by atoms with van der Waals surface area (Å²) >= 11 is 11.5. The molecule has 0 bridgehead atoms. The fraction of sp³-hybridized carbons (Fsp3) is 0.455. The molecule has 0 radical (unpaired) electrons. The van der Waals surface area contributed by atoms with Crippen LogP contribution in [0.1, 0.15) is 6.92 Å². The van der Waals surface area contributed by atoms with E-state index in [0.29, 0.717) is 15.8 Å². The molecule has 1 unspecified atom stereocenters. The minimum atomic E-state index is -4.22. The molecular weight excluding hydrogens is 290 g/mol. The summed E-state index contributed by atoms with van der Waals surface area (Å²) in [5, 5.41) is 3.08. The highest BCUT2D eigenvalue weighted by Crippen LogP contribution is 2.24. The van der Waals surface area contributed by atoms with E-state index in [9.17, 15) is 13.2 Å². The highest BCUT2D eigenvalue weighted by Gasteiger charge is 2.26. The quantitative estimate of drug-likeness (QED) is 0.890. The van der Waals surface area contributed by atoms with Gasteiger partial charge < -0.3 is 10.1 Å². The first kappa shape index (κ1) is 15.4. The summed E-state index contributed by atoms with van der Waals surface area (Å²) in [4.78, 5) is 0. The van der Waals surface area contributed by atoms with Crippen LogP contribution in [-0.4, -0.2) is 25.4 Å². The molecule has 0 aliphatic carbocycles. The van der Waals surface area contributed by atoms with E-state index in [0.717, 1.165) is 0 Å². The third kappa shape index (κ3) is 6.33. The van der Waals surface area contributed by atoms with E-state index < -0.39 is 18.8 Å². The van der Waals surface area contributed by atoms with Crippen molar-refractivity contribution in [1.82, 2.24) is 5.32 Å². The van der Waals surface area contributed by atoms with E-state index in [1.807, 2.05) is 0 Å². The van der Waals surface area contributed by atoms with Crippen molar-refractivity contribution in [3.05, 3.63) is 28.2 Å². The lowest BCUT2D eigenvalue weighted by Crippen LogP contribution is -2.35. The number of nitrogens with one attached hydrogen (secondary N) is 1. The van der Waals surface area contributed by atoms with Crippen molar-refractivity contribution in [3.63, 3.8) is 0 Å². The molecule has 0 saturated heterocycles. The van der Waals surface area contributed by atoms with Crippen molar-refractivity contribution < 1.29 is 17.9 Å². The zero-order chi connectivity index (χ0) is 13.8. The van der Waals surface area contributed by atoms with E-state index >= 15 is 0 Å². The maximum Gasteiger partial charge on any atom is 0.401 e. The van der Waals surface area contributed by atoms with Crippen LogP contribution in [0, 0.1) is 0 Å². The van der Waals surface area contributed by atoms with Gasteiger partial charge in [-0.05, 0) is 25.1 Å². The smallest absolute Gasteiger partial charge is 0.401 e. The Bertz CT molecular complexity index is 378. The van der Waals surface area contributed by atoms with Crippen LogP contribution in [0.3, 0.4) is 0 Å². The lowest BCUT2D eigenvalue weighted by molar-refractivity contribution is -0.125. The summed E-state index contributed by atoms with van der Waals surface area (Å²) in [6, 6.07) is 4.64. The Morgan fingerprint density at radius 2 is 1.78 bits per heavy atom. The Hall–Kier alpha value is -0.650. The van der Waals surface area contributed by atoms with Gasteiger partial charge in [-0.2, -0.15) is 13.2 Å². The predicted octanol–water partition coefficient (Wildman–Crippen LogP) is 3.91. The summed E-state index contributed by atoms with van der Waals surface area (Å²) in [6.07, 6.45) is -4.65. The van der Waals surface area contributed by atoms with Crippen LogP contribution in [0.2, 0.25) is 10.0 Å². The van der Waals surface area contributed by atoms with Gasteiger partial charge in [-0.25, -0.2) is 0 Å². The fourth-order valence-electron chi connectivity index (χ4n) is 1.29. The SMILES string of the molecule is CC(CNCC(F)(F)F)Oc1cc(Cl)cc(Cl)c1. The molecule has 18 heavy (non-hydrogen) atoms. The molecule has 1 atom stereocenters. The van der Waals surface area contributed by atoms with Crippen molar-refractivity contribution in [2.45, 2.75) is 19.2 Å². The highest BCUT2D eigenvalue weighted by atomic mass is 35.5. The Morgan fingerprint density at radius 1 is 1.22 bits per heavy atom. The number of hydrogen-bond donors (Lipinski definition) is 1. The van der Waals surface area contributed by atoms with Crippen molar-refractivity contribution >= 4 is 23.2 Å². The van der Waals surface area contributed by atoms with Crippen molar-refractivity contribution in [2.24, 2.45) is 0 Å². The molecule has 0 amide bonds. The lowest BCUT2D eigenvalue weighted by Gasteiger charge is -2.16. The van der Waals surface area contributed by atoms with Crippen LogP contribution >= 0.6 is 23.2 Å². The number of halogens is 5. The molecular formula is C11H12Cl2F3NO. The second-order valence-corrected chi connectivity index (χ2v) is 4.65. The van der Waals surface area contributed by atoms with Gasteiger partial charge in [0.05, 0.1) is 6.54 Å². The van der Waals surface area contributed by atoms with Crippen LogP contribution in [0.4, 0.5) is 13.2 Å². The van der Waals surface area contributed by atoms with Crippen LogP contribution in [0.15, 0.2) is 18.2 Å². The van der Waals surface area contributed by atoms with Gasteiger partial charge in [-0.1, -0.05) is 23.2 Å². The summed E-state index contributed by atoms with van der Waals surface area (Å²) < 4.78 is 41.1. The van der Waals surface area contributed by atoms with Crippen LogP contribution in [0.5, 0.6) is 5.75 Å². The van der Waals surface area contributed by atoms with E-state index in [1.165, 1.54) is 0 Å². The topological polar surface area (TPSA) is 21.3 Å². The molecule has 7 heteroatoms. The molecule has 1 aromatic rings. The summed E-state index contributed by atoms with van der Waals surface area (Å²) in [7, 11) is 0. The summed E-state index contributed by atoms with van der Waals surface area (Å²) in [5.41, 5.74) is 0. The molecule has 0 saturated carbocycles. The summed E-state index contributed by atoms with van der Waals surface area (Å²) in [6.45, 7) is 0.679. The van der Waals surface area contributed by atoms with Crippen molar-refractivity contribution in [3.8, 4) is 5.75 Å². The molecule has 0 aliphatic rings. The van der Waals surface area contributed by atoms with Crippen molar-refractivity contribution in [2.75, 3.05) is 13.1 Å². The molecule has 0 aromatic heterocycles. The highest BCUT2D eigenvalue weighted by molar-refractivity contribution is 6.34. The standard InChI is InChI=1S/C11H12Cl2F3NO/c1-7(5-17-6-11(14,15)16)18-10-3-8(12)2-9(13)4-10/h2-4,7,17H,5-6H2,1H3. The molecule has 1 N–H and O–H groups in total. The number of ether oxygens (including phenoxy) is 1. The number of benzene rings is 1. The summed E-state index contributed by atoms with van der Waals surface area (Å²) in [5.74, 6) is 0.425. The van der Waals surface area contributed by atoms with Crippen LogP contribution in [0.25, 0.3) is 0 Å². The van der Waals surface area contributed by atoms with Gasteiger partial charge in [0, 0.05) is 16.6 Å².